The predicted octanol–water partition coefficient (Wildman–Crippen LogP) is 2.59. The fraction of sp³-hybridized carbons (Fsp3) is 0.0667. The number of carbonyl (C=O) groups excluding carboxylic acids is 2. The summed E-state index contributed by atoms with van der Waals surface area (Å²) in [5.41, 5.74) is 0. The molecule has 0 radical (unpaired) electrons. The smallest absolute Gasteiger partial charge is 0.322 e. The molecule has 2 aromatic rings. The normalized spacial score (nSPS) is 9.20. The minimum atomic E-state index is -0.646. The molecule has 20 heavy (non-hydrogen) atoms. The number of ether oxygens (including phenoxy) is 2. The Balaban J connectivity index is 0.00000200. The zero-order valence-electron chi connectivity index (χ0n) is 10.5. The minimum Gasteiger partial charge on any atom is -0.426 e. The molecule has 0 aliphatic rings. The van der Waals surface area contributed by atoms with Gasteiger partial charge in [0, 0.05) is 17.4 Å². The first-order valence-electron chi connectivity index (χ1n) is 5.75. The summed E-state index contributed by atoms with van der Waals surface area (Å²) >= 11 is 0. The molecule has 102 valence electrons. The molecule has 0 aromatic heterocycles. The summed E-state index contributed by atoms with van der Waals surface area (Å²) in [5, 5.41) is 0. The first-order chi connectivity index (χ1) is 9.24. The van der Waals surface area contributed by atoms with Gasteiger partial charge in [0.1, 0.15) is 17.9 Å². The quantitative estimate of drug-likeness (QED) is 0.495. The van der Waals surface area contributed by atoms with E-state index in [-0.39, 0.29) is 17.4 Å². The van der Waals surface area contributed by atoms with E-state index in [9.17, 15) is 9.59 Å². The van der Waals surface area contributed by atoms with Crippen LogP contribution in [-0.2, 0) is 27.0 Å². The van der Waals surface area contributed by atoms with Gasteiger partial charge in [-0.05, 0) is 24.3 Å². The summed E-state index contributed by atoms with van der Waals surface area (Å²) in [5.74, 6) is -0.487. The Morgan fingerprint density at radius 2 is 1.05 bits per heavy atom. The number of esters is 2. The van der Waals surface area contributed by atoms with Crippen LogP contribution in [0.25, 0.3) is 0 Å². The average molecular weight is 308 g/mol. The summed E-state index contributed by atoms with van der Waals surface area (Å²) < 4.78 is 9.97. The maximum atomic E-state index is 11.5. The van der Waals surface area contributed by atoms with E-state index in [1.807, 2.05) is 0 Å². The van der Waals surface area contributed by atoms with Gasteiger partial charge in [0.15, 0.2) is 0 Å². The second-order valence-corrected chi connectivity index (χ2v) is 3.75. The van der Waals surface area contributed by atoms with Crippen LogP contribution in [0.3, 0.4) is 0 Å². The monoisotopic (exact) mass is 308 g/mol. The van der Waals surface area contributed by atoms with Crippen molar-refractivity contribution in [1.29, 1.82) is 0 Å². The number of carbonyl (C=O) groups is 2. The number of hydrogen-bond donors (Lipinski definition) is 0. The molecule has 0 aliphatic carbocycles. The molecular weight excluding hydrogens is 296 g/mol. The van der Waals surface area contributed by atoms with Crippen molar-refractivity contribution < 1.29 is 36.4 Å². The Labute approximate surface area is 127 Å². The second kappa shape index (κ2) is 8.16. The summed E-state index contributed by atoms with van der Waals surface area (Å²) in [6.07, 6.45) is -0.427. The molecule has 0 amide bonds. The van der Waals surface area contributed by atoms with Crippen LogP contribution >= 0.6 is 0 Å². The Bertz CT molecular complexity index is 503. The van der Waals surface area contributed by atoms with Crippen molar-refractivity contribution in [2.45, 2.75) is 6.42 Å². The number of rotatable bonds is 4. The molecule has 0 N–H and O–H groups in total. The van der Waals surface area contributed by atoms with Crippen LogP contribution in [0.15, 0.2) is 60.7 Å². The SMILES string of the molecule is O=C(CC(=O)Oc1ccccc1)Oc1ccccc1.[Cr]. The van der Waals surface area contributed by atoms with Crippen LogP contribution in [-0.4, -0.2) is 11.9 Å². The molecule has 2 rings (SSSR count). The van der Waals surface area contributed by atoms with Gasteiger partial charge in [-0.3, -0.25) is 9.59 Å². The summed E-state index contributed by atoms with van der Waals surface area (Å²) in [4.78, 5) is 23.0. The predicted molar refractivity (Wildman–Crippen MR) is 68.8 cm³/mol. The van der Waals surface area contributed by atoms with Crippen molar-refractivity contribution in [1.82, 2.24) is 0 Å². The maximum absolute atomic E-state index is 11.5. The standard InChI is InChI=1S/C15H12O4.Cr/c16-14(18-12-7-3-1-4-8-12)11-15(17)19-13-9-5-2-6-10-13;/h1-10H,11H2;. The molecule has 0 saturated heterocycles. The zero-order valence-corrected chi connectivity index (χ0v) is 11.8. The van der Waals surface area contributed by atoms with E-state index in [1.165, 1.54) is 0 Å². The van der Waals surface area contributed by atoms with Gasteiger partial charge in [-0.1, -0.05) is 36.4 Å². The van der Waals surface area contributed by atoms with Gasteiger partial charge in [-0.2, -0.15) is 0 Å². The Morgan fingerprint density at radius 3 is 1.40 bits per heavy atom. The molecule has 0 heterocycles. The molecule has 0 unspecified atom stereocenters. The van der Waals surface area contributed by atoms with Crippen molar-refractivity contribution >= 4 is 11.9 Å². The van der Waals surface area contributed by atoms with Crippen LogP contribution in [0.5, 0.6) is 11.5 Å². The third-order valence-corrected chi connectivity index (χ3v) is 2.24. The van der Waals surface area contributed by atoms with Gasteiger partial charge in [0.25, 0.3) is 0 Å². The number of hydrogen-bond acceptors (Lipinski definition) is 4. The van der Waals surface area contributed by atoms with Gasteiger partial charge < -0.3 is 9.47 Å². The zero-order chi connectivity index (χ0) is 13.5. The van der Waals surface area contributed by atoms with E-state index >= 15 is 0 Å². The van der Waals surface area contributed by atoms with E-state index in [1.54, 1.807) is 60.7 Å². The van der Waals surface area contributed by atoms with E-state index in [0.29, 0.717) is 11.5 Å². The summed E-state index contributed by atoms with van der Waals surface area (Å²) in [6.45, 7) is 0. The van der Waals surface area contributed by atoms with Crippen molar-refractivity contribution in [2.24, 2.45) is 0 Å². The molecule has 0 spiro atoms. The average Bonchev–Trinajstić information content (AvgIpc) is 2.40. The topological polar surface area (TPSA) is 52.6 Å². The fourth-order valence-electron chi connectivity index (χ4n) is 1.43. The molecule has 2 aromatic carbocycles. The number of benzene rings is 2. The molecule has 4 nitrogen and oxygen atoms in total. The van der Waals surface area contributed by atoms with Crippen LogP contribution in [0, 0.1) is 0 Å². The van der Waals surface area contributed by atoms with E-state index in [0.717, 1.165) is 0 Å². The second-order valence-electron chi connectivity index (χ2n) is 3.75. The van der Waals surface area contributed by atoms with Crippen molar-refractivity contribution in [3.8, 4) is 11.5 Å². The van der Waals surface area contributed by atoms with Gasteiger partial charge >= 0.3 is 11.9 Å². The Kier molecular flexibility index (Phi) is 6.51. The Morgan fingerprint density at radius 1 is 0.700 bits per heavy atom. The van der Waals surface area contributed by atoms with Gasteiger partial charge in [0.05, 0.1) is 0 Å². The van der Waals surface area contributed by atoms with Gasteiger partial charge in [-0.25, -0.2) is 0 Å². The molecule has 0 fully saturated rings. The van der Waals surface area contributed by atoms with Crippen molar-refractivity contribution in [3.63, 3.8) is 0 Å². The summed E-state index contributed by atoms with van der Waals surface area (Å²) in [7, 11) is 0. The minimum absolute atomic E-state index is 0. The molecular formula is C15H12CrO4. The van der Waals surface area contributed by atoms with E-state index in [4.69, 9.17) is 9.47 Å². The van der Waals surface area contributed by atoms with E-state index in [2.05, 4.69) is 0 Å². The fourth-order valence-corrected chi connectivity index (χ4v) is 1.43. The first kappa shape index (κ1) is 16.0. The van der Waals surface area contributed by atoms with Crippen molar-refractivity contribution in [2.75, 3.05) is 0 Å². The van der Waals surface area contributed by atoms with Gasteiger partial charge in [-0.15, -0.1) is 0 Å². The third-order valence-electron chi connectivity index (χ3n) is 2.24. The molecule has 0 atom stereocenters. The van der Waals surface area contributed by atoms with E-state index < -0.39 is 18.4 Å². The molecule has 0 bridgehead atoms. The van der Waals surface area contributed by atoms with Gasteiger partial charge in [0.2, 0.25) is 0 Å². The van der Waals surface area contributed by atoms with Crippen LogP contribution in [0.4, 0.5) is 0 Å². The third kappa shape index (κ3) is 5.27. The molecule has 0 saturated carbocycles. The summed E-state index contributed by atoms with van der Waals surface area (Å²) in [6, 6.07) is 17.1. The maximum Gasteiger partial charge on any atom is 0.322 e. The largest absolute Gasteiger partial charge is 0.426 e. The van der Waals surface area contributed by atoms with Crippen LogP contribution < -0.4 is 9.47 Å². The molecule has 0 aliphatic heterocycles. The van der Waals surface area contributed by atoms with Crippen LogP contribution in [0.2, 0.25) is 0 Å². The van der Waals surface area contributed by atoms with Crippen LogP contribution in [0.1, 0.15) is 6.42 Å². The molecule has 5 heteroatoms. The first-order valence-corrected chi connectivity index (χ1v) is 5.75. The number of para-hydroxylation sites is 2. The van der Waals surface area contributed by atoms with Crippen molar-refractivity contribution in [3.05, 3.63) is 60.7 Å². The Hall–Kier alpha value is -2.09.